The Hall–Kier alpha value is -4.51. The molecule has 2 N–H and O–H groups in total. The minimum atomic E-state index is -4.58. The van der Waals surface area contributed by atoms with Crippen LogP contribution >= 0.6 is 11.3 Å². The Morgan fingerprint density at radius 3 is 2.65 bits per heavy atom. The van der Waals surface area contributed by atoms with Crippen molar-refractivity contribution in [3.63, 3.8) is 0 Å². The fraction of sp³-hybridized carbons (Fsp3) is 0.0769. The van der Waals surface area contributed by atoms with E-state index in [0.717, 1.165) is 29.0 Å². The fourth-order valence-corrected chi connectivity index (χ4v) is 4.33. The van der Waals surface area contributed by atoms with Crippen molar-refractivity contribution in [2.45, 2.75) is 13.1 Å². The smallest absolute Gasteiger partial charge is 0.331 e. The quantitative estimate of drug-likeness (QED) is 0.260. The van der Waals surface area contributed by atoms with Crippen molar-refractivity contribution < 1.29 is 18.0 Å². The molecule has 11 heteroatoms. The molecule has 0 aliphatic rings. The molecule has 0 radical (unpaired) electrons. The number of benzene rings is 2. The van der Waals surface area contributed by atoms with Gasteiger partial charge in [0.15, 0.2) is 5.13 Å². The Kier molecular flexibility index (Phi) is 6.45. The van der Waals surface area contributed by atoms with Crippen molar-refractivity contribution in [2.75, 3.05) is 10.6 Å². The Morgan fingerprint density at radius 2 is 1.92 bits per heavy atom. The van der Waals surface area contributed by atoms with Gasteiger partial charge in [-0.2, -0.15) is 13.2 Å². The zero-order valence-electron chi connectivity index (χ0n) is 19.3. The second kappa shape index (κ2) is 9.86. The van der Waals surface area contributed by atoms with Gasteiger partial charge in [0.05, 0.1) is 17.6 Å². The number of nitrogens with one attached hydrogen (secondary N) is 2. The van der Waals surface area contributed by atoms with E-state index < -0.39 is 17.6 Å². The summed E-state index contributed by atoms with van der Waals surface area (Å²) in [6, 6.07) is 12.1. The normalized spacial score (nSPS) is 11.4. The number of carbonyl (C=O) groups excluding carboxylic acids is 1. The van der Waals surface area contributed by atoms with Crippen LogP contribution < -0.4 is 10.6 Å². The van der Waals surface area contributed by atoms with Gasteiger partial charge >= 0.3 is 6.18 Å². The monoisotopic (exact) mass is 520 g/mol. The predicted molar refractivity (Wildman–Crippen MR) is 136 cm³/mol. The number of carbonyl (C=O) groups is 1. The molecular weight excluding hydrogens is 501 g/mol. The fourth-order valence-electron chi connectivity index (χ4n) is 3.60. The second-order valence-electron chi connectivity index (χ2n) is 8.12. The topological polar surface area (TPSA) is 84.7 Å². The maximum absolute atomic E-state index is 13.5. The summed E-state index contributed by atoms with van der Waals surface area (Å²) in [4.78, 5) is 25.6. The minimum Gasteiger partial charge on any atom is -0.331 e. The van der Waals surface area contributed by atoms with Crippen LogP contribution in [0.5, 0.6) is 0 Å². The highest BCUT2D eigenvalue weighted by atomic mass is 32.1. The van der Waals surface area contributed by atoms with E-state index in [4.69, 9.17) is 0 Å². The first kappa shape index (κ1) is 24.2. The summed E-state index contributed by atoms with van der Waals surface area (Å²) in [5, 5.41) is 8.34. The lowest BCUT2D eigenvalue weighted by Gasteiger charge is -2.14. The Labute approximate surface area is 213 Å². The van der Waals surface area contributed by atoms with Crippen molar-refractivity contribution in [2.24, 2.45) is 0 Å². The lowest BCUT2D eigenvalue weighted by Crippen LogP contribution is -2.14. The van der Waals surface area contributed by atoms with Crippen LogP contribution in [0.1, 0.15) is 21.5 Å². The van der Waals surface area contributed by atoms with Gasteiger partial charge in [-0.05, 0) is 55.0 Å². The highest BCUT2D eigenvalue weighted by molar-refractivity contribution is 7.14. The van der Waals surface area contributed by atoms with Gasteiger partial charge in [-0.3, -0.25) is 9.78 Å². The molecule has 0 saturated carbocycles. The first-order valence-electron chi connectivity index (χ1n) is 11.0. The SMILES string of the molecule is Cc1ccc(C(=O)Nc2cc(-n3ccnc3)cc(C(F)(F)F)c2)cc1Nc1nc(-c2cccnc2)cs1. The number of amides is 1. The molecule has 0 bridgehead atoms. The van der Waals surface area contributed by atoms with Crippen LogP contribution in [-0.2, 0) is 6.18 Å². The number of aryl methyl sites for hydroxylation is 1. The molecule has 5 rings (SSSR count). The van der Waals surface area contributed by atoms with E-state index in [1.807, 2.05) is 24.4 Å². The summed E-state index contributed by atoms with van der Waals surface area (Å²) in [5.74, 6) is -0.547. The molecule has 3 heterocycles. The van der Waals surface area contributed by atoms with Crippen LogP contribution in [-0.4, -0.2) is 25.4 Å². The first-order valence-corrected chi connectivity index (χ1v) is 11.9. The molecule has 7 nitrogen and oxygen atoms in total. The van der Waals surface area contributed by atoms with Gasteiger partial charge < -0.3 is 15.2 Å². The first-order chi connectivity index (χ1) is 17.8. The van der Waals surface area contributed by atoms with E-state index in [1.54, 1.807) is 30.6 Å². The van der Waals surface area contributed by atoms with Gasteiger partial charge in [0.2, 0.25) is 0 Å². The van der Waals surface area contributed by atoms with Crippen LogP contribution in [0.3, 0.4) is 0 Å². The number of alkyl halides is 3. The van der Waals surface area contributed by atoms with Gasteiger partial charge in [0, 0.05) is 58.4 Å². The standard InChI is InChI=1S/C26H19F3N6OS/c1-16-4-5-17(9-22(16)33-25-34-23(14-37-25)18-3-2-6-30-13-18)24(36)32-20-10-19(26(27,28)29)11-21(12-20)35-8-7-31-15-35/h2-15H,1H3,(H,32,36)(H,33,34). The average molecular weight is 521 g/mol. The van der Waals surface area contributed by atoms with Crippen LogP contribution in [0.2, 0.25) is 0 Å². The third-order valence-corrected chi connectivity index (χ3v) is 6.27. The van der Waals surface area contributed by atoms with Gasteiger partial charge in [0.25, 0.3) is 5.91 Å². The molecule has 0 saturated heterocycles. The van der Waals surface area contributed by atoms with Crippen molar-refractivity contribution in [3.05, 3.63) is 102 Å². The third-order valence-electron chi connectivity index (χ3n) is 5.51. The number of hydrogen-bond donors (Lipinski definition) is 2. The molecule has 37 heavy (non-hydrogen) atoms. The molecule has 0 unspecified atom stereocenters. The van der Waals surface area contributed by atoms with Gasteiger partial charge in [-0.25, -0.2) is 9.97 Å². The minimum absolute atomic E-state index is 0.0136. The number of thiazole rings is 1. The number of halogens is 3. The van der Waals surface area contributed by atoms with Crippen LogP contribution in [0.25, 0.3) is 16.9 Å². The lowest BCUT2D eigenvalue weighted by molar-refractivity contribution is -0.137. The summed E-state index contributed by atoms with van der Waals surface area (Å²) >= 11 is 1.40. The molecule has 3 aromatic heterocycles. The molecule has 2 aromatic carbocycles. The van der Waals surface area contributed by atoms with Gasteiger partial charge in [-0.15, -0.1) is 11.3 Å². The van der Waals surface area contributed by atoms with Gasteiger partial charge in [-0.1, -0.05) is 6.07 Å². The number of anilines is 3. The Balaban J connectivity index is 1.38. The molecule has 1 amide bonds. The summed E-state index contributed by atoms with van der Waals surface area (Å²) in [7, 11) is 0. The van der Waals surface area contributed by atoms with Gasteiger partial charge in [0.1, 0.15) is 0 Å². The highest BCUT2D eigenvalue weighted by Crippen LogP contribution is 2.33. The Morgan fingerprint density at radius 1 is 1.05 bits per heavy atom. The molecule has 0 aliphatic carbocycles. The maximum Gasteiger partial charge on any atom is 0.416 e. The zero-order chi connectivity index (χ0) is 26.0. The lowest BCUT2D eigenvalue weighted by atomic mass is 10.1. The molecule has 0 spiro atoms. The maximum atomic E-state index is 13.5. The summed E-state index contributed by atoms with van der Waals surface area (Å²) in [6.45, 7) is 1.88. The number of pyridine rings is 1. The zero-order valence-corrected chi connectivity index (χ0v) is 20.1. The van der Waals surface area contributed by atoms with E-state index in [0.29, 0.717) is 10.8 Å². The number of imidazole rings is 1. The van der Waals surface area contributed by atoms with Crippen molar-refractivity contribution in [3.8, 4) is 16.9 Å². The van der Waals surface area contributed by atoms with E-state index in [1.165, 1.54) is 40.7 Å². The molecular formula is C26H19F3N6OS. The molecule has 5 aromatic rings. The molecule has 0 aliphatic heterocycles. The summed E-state index contributed by atoms with van der Waals surface area (Å²) in [6.07, 6.45) is 3.20. The average Bonchev–Trinajstić information content (AvgIpc) is 3.58. The van der Waals surface area contributed by atoms with Crippen molar-refractivity contribution >= 4 is 33.8 Å². The van der Waals surface area contributed by atoms with E-state index in [-0.39, 0.29) is 16.9 Å². The van der Waals surface area contributed by atoms with Crippen LogP contribution in [0.15, 0.2) is 85.0 Å². The van der Waals surface area contributed by atoms with Crippen molar-refractivity contribution in [1.29, 1.82) is 0 Å². The number of rotatable bonds is 6. The predicted octanol–water partition coefficient (Wildman–Crippen LogP) is 6.71. The van der Waals surface area contributed by atoms with Crippen molar-refractivity contribution in [1.82, 2.24) is 19.5 Å². The third kappa shape index (κ3) is 5.51. The number of hydrogen-bond acceptors (Lipinski definition) is 6. The molecule has 0 atom stereocenters. The van der Waals surface area contributed by atoms with E-state index in [2.05, 4.69) is 25.6 Å². The molecule has 186 valence electrons. The highest BCUT2D eigenvalue weighted by Gasteiger charge is 2.31. The number of nitrogens with zero attached hydrogens (tertiary/aromatic N) is 4. The van der Waals surface area contributed by atoms with E-state index in [9.17, 15) is 18.0 Å². The van der Waals surface area contributed by atoms with E-state index >= 15 is 0 Å². The van der Waals surface area contributed by atoms with Crippen LogP contribution in [0, 0.1) is 6.92 Å². The van der Waals surface area contributed by atoms with Crippen LogP contribution in [0.4, 0.5) is 29.7 Å². The largest absolute Gasteiger partial charge is 0.416 e. The summed E-state index contributed by atoms with van der Waals surface area (Å²) in [5.41, 5.74) is 2.81. The Bertz CT molecular complexity index is 1550. The second-order valence-corrected chi connectivity index (χ2v) is 8.98. The molecule has 0 fully saturated rings. The number of aromatic nitrogens is 4. The summed E-state index contributed by atoms with van der Waals surface area (Å²) < 4.78 is 42.0.